The van der Waals surface area contributed by atoms with Crippen LogP contribution < -0.4 is 0 Å². The summed E-state index contributed by atoms with van der Waals surface area (Å²) in [5.74, 6) is 0.849. The van der Waals surface area contributed by atoms with Gasteiger partial charge in [0.1, 0.15) is 11.4 Å². The lowest BCUT2D eigenvalue weighted by atomic mass is 9.40. The van der Waals surface area contributed by atoms with Crippen molar-refractivity contribution in [1.29, 1.82) is 0 Å². The first kappa shape index (κ1) is 12.9. The highest BCUT2D eigenvalue weighted by Gasteiger charge is 2.69. The SMILES string of the molecule is C=CC(=O)OC12CC3CC(CC(C3=O)C1C)C2(C)C. The number of hydrogen-bond donors (Lipinski definition) is 0. The summed E-state index contributed by atoms with van der Waals surface area (Å²) >= 11 is 0. The number of ether oxygens (including phenoxy) is 1. The second kappa shape index (κ2) is 3.71. The van der Waals surface area contributed by atoms with Gasteiger partial charge in [-0.25, -0.2) is 4.79 Å². The van der Waals surface area contributed by atoms with Crippen LogP contribution in [0.25, 0.3) is 0 Å². The second-order valence-corrected chi connectivity index (χ2v) is 7.10. The Hall–Kier alpha value is -1.12. The van der Waals surface area contributed by atoms with E-state index in [4.69, 9.17) is 4.74 Å². The lowest BCUT2D eigenvalue weighted by Crippen LogP contribution is -2.70. The average molecular weight is 262 g/mol. The molecule has 0 aromatic heterocycles. The van der Waals surface area contributed by atoms with Gasteiger partial charge in [-0.3, -0.25) is 4.79 Å². The van der Waals surface area contributed by atoms with Crippen molar-refractivity contribution in [3.63, 3.8) is 0 Å². The van der Waals surface area contributed by atoms with E-state index in [0.717, 1.165) is 12.8 Å². The zero-order chi connectivity index (χ0) is 14.0. The summed E-state index contributed by atoms with van der Waals surface area (Å²) < 4.78 is 5.87. The van der Waals surface area contributed by atoms with Crippen molar-refractivity contribution in [2.75, 3.05) is 0 Å². The van der Waals surface area contributed by atoms with Crippen molar-refractivity contribution in [1.82, 2.24) is 0 Å². The third kappa shape index (κ3) is 1.39. The first-order valence-corrected chi connectivity index (χ1v) is 7.22. The van der Waals surface area contributed by atoms with E-state index < -0.39 is 5.60 Å². The van der Waals surface area contributed by atoms with Gasteiger partial charge in [0.15, 0.2) is 0 Å². The van der Waals surface area contributed by atoms with Gasteiger partial charge in [0.05, 0.1) is 0 Å². The quantitative estimate of drug-likeness (QED) is 0.567. The van der Waals surface area contributed by atoms with Gasteiger partial charge in [-0.1, -0.05) is 27.4 Å². The molecule has 3 nitrogen and oxygen atoms in total. The summed E-state index contributed by atoms with van der Waals surface area (Å²) in [6, 6.07) is 0. The van der Waals surface area contributed by atoms with Crippen LogP contribution in [0.4, 0.5) is 0 Å². The summed E-state index contributed by atoms with van der Waals surface area (Å²) in [4.78, 5) is 24.1. The molecule has 4 bridgehead atoms. The van der Waals surface area contributed by atoms with E-state index in [1.165, 1.54) is 6.08 Å². The number of hydrogen-bond acceptors (Lipinski definition) is 3. The van der Waals surface area contributed by atoms with Crippen molar-refractivity contribution < 1.29 is 14.3 Å². The zero-order valence-corrected chi connectivity index (χ0v) is 11.9. The largest absolute Gasteiger partial charge is 0.455 e. The van der Waals surface area contributed by atoms with Crippen molar-refractivity contribution in [3.8, 4) is 0 Å². The van der Waals surface area contributed by atoms with Crippen LogP contribution in [0.15, 0.2) is 12.7 Å². The Labute approximate surface area is 114 Å². The maximum Gasteiger partial charge on any atom is 0.330 e. The van der Waals surface area contributed by atoms with Gasteiger partial charge >= 0.3 is 5.97 Å². The first-order valence-electron chi connectivity index (χ1n) is 7.22. The Balaban J connectivity index is 2.06. The van der Waals surface area contributed by atoms with Crippen molar-refractivity contribution in [2.24, 2.45) is 29.1 Å². The topological polar surface area (TPSA) is 43.4 Å². The first-order chi connectivity index (χ1) is 8.83. The van der Waals surface area contributed by atoms with Crippen LogP contribution in [-0.2, 0) is 14.3 Å². The van der Waals surface area contributed by atoms with E-state index in [1.54, 1.807) is 0 Å². The summed E-state index contributed by atoms with van der Waals surface area (Å²) in [6.07, 6.45) is 3.88. The standard InChI is InChI=1S/C16H22O3/c1-5-13(17)19-16-8-10-6-11(15(16,3)4)7-12(9(16)2)14(10)18/h5,9-12H,1,6-8H2,2-4H3. The molecule has 4 saturated carbocycles. The monoisotopic (exact) mass is 262 g/mol. The Kier molecular flexibility index (Phi) is 2.52. The molecule has 0 N–H and O–H groups in total. The number of esters is 1. The summed E-state index contributed by atoms with van der Waals surface area (Å²) in [5, 5.41) is 0. The molecule has 19 heavy (non-hydrogen) atoms. The molecule has 5 unspecified atom stereocenters. The minimum Gasteiger partial charge on any atom is -0.455 e. The summed E-state index contributed by atoms with van der Waals surface area (Å²) in [5.41, 5.74) is -0.540. The van der Waals surface area contributed by atoms with E-state index in [9.17, 15) is 9.59 Å². The molecule has 0 spiro atoms. The minimum absolute atomic E-state index is 0.0568. The molecule has 4 aliphatic rings. The molecule has 0 amide bonds. The molecule has 4 fully saturated rings. The van der Waals surface area contributed by atoms with Crippen LogP contribution in [0.1, 0.15) is 40.0 Å². The van der Waals surface area contributed by atoms with Crippen molar-refractivity contribution >= 4 is 11.8 Å². The molecular weight excluding hydrogens is 240 g/mol. The normalized spacial score (nSPS) is 46.2. The molecule has 5 atom stereocenters. The number of Topliss-reactive ketones (excluding diaryl/α,β-unsaturated/α-hetero) is 1. The number of carbonyl (C=O) groups excluding carboxylic acids is 2. The molecule has 0 heterocycles. The Bertz CT molecular complexity index is 465. The van der Waals surface area contributed by atoms with Crippen LogP contribution in [0, 0.1) is 29.1 Å². The van der Waals surface area contributed by atoms with E-state index in [-0.39, 0.29) is 29.1 Å². The molecule has 3 heteroatoms. The van der Waals surface area contributed by atoms with Crippen LogP contribution in [-0.4, -0.2) is 17.4 Å². The van der Waals surface area contributed by atoms with E-state index in [1.807, 2.05) is 0 Å². The molecule has 4 aliphatic carbocycles. The molecule has 104 valence electrons. The maximum atomic E-state index is 12.3. The molecule has 0 aromatic carbocycles. The fourth-order valence-electron chi connectivity index (χ4n) is 5.06. The van der Waals surface area contributed by atoms with Gasteiger partial charge in [-0.15, -0.1) is 0 Å². The predicted molar refractivity (Wildman–Crippen MR) is 71.3 cm³/mol. The third-order valence-corrected chi connectivity index (χ3v) is 6.32. The fraction of sp³-hybridized carbons (Fsp3) is 0.750. The highest BCUT2D eigenvalue weighted by Crippen LogP contribution is 2.66. The van der Waals surface area contributed by atoms with Crippen LogP contribution in [0.5, 0.6) is 0 Å². The predicted octanol–water partition coefficient (Wildman–Crippen LogP) is 2.75. The lowest BCUT2D eigenvalue weighted by molar-refractivity contribution is -0.249. The van der Waals surface area contributed by atoms with Crippen LogP contribution in [0.3, 0.4) is 0 Å². The van der Waals surface area contributed by atoms with E-state index in [2.05, 4.69) is 27.4 Å². The van der Waals surface area contributed by atoms with Gasteiger partial charge in [-0.05, 0) is 25.2 Å². The summed E-state index contributed by atoms with van der Waals surface area (Å²) in [7, 11) is 0. The van der Waals surface area contributed by atoms with Crippen molar-refractivity contribution in [2.45, 2.75) is 45.6 Å². The molecule has 0 saturated heterocycles. The number of ketones is 1. The van der Waals surface area contributed by atoms with Gasteiger partial charge in [0.2, 0.25) is 0 Å². The van der Waals surface area contributed by atoms with Gasteiger partial charge in [0, 0.05) is 29.2 Å². The smallest absolute Gasteiger partial charge is 0.330 e. The number of rotatable bonds is 2. The maximum absolute atomic E-state index is 12.3. The molecule has 0 radical (unpaired) electrons. The molecule has 4 rings (SSSR count). The average Bonchev–Trinajstić information content (AvgIpc) is 2.35. The number of carbonyl (C=O) groups is 2. The highest BCUT2D eigenvalue weighted by molar-refractivity contribution is 5.87. The van der Waals surface area contributed by atoms with Gasteiger partial charge in [0.25, 0.3) is 0 Å². The molecule has 0 aromatic rings. The van der Waals surface area contributed by atoms with Crippen LogP contribution in [0.2, 0.25) is 0 Å². The Morgan fingerprint density at radius 1 is 1.42 bits per heavy atom. The highest BCUT2D eigenvalue weighted by atomic mass is 16.6. The molecular formula is C16H22O3. The zero-order valence-electron chi connectivity index (χ0n) is 11.9. The fourth-order valence-corrected chi connectivity index (χ4v) is 5.06. The van der Waals surface area contributed by atoms with E-state index >= 15 is 0 Å². The third-order valence-electron chi connectivity index (χ3n) is 6.32. The van der Waals surface area contributed by atoms with Crippen LogP contribution >= 0.6 is 0 Å². The Morgan fingerprint density at radius 3 is 2.74 bits per heavy atom. The van der Waals surface area contributed by atoms with Crippen molar-refractivity contribution in [3.05, 3.63) is 12.7 Å². The van der Waals surface area contributed by atoms with Gasteiger partial charge in [-0.2, -0.15) is 0 Å². The molecule has 0 aliphatic heterocycles. The van der Waals surface area contributed by atoms with Gasteiger partial charge < -0.3 is 4.74 Å². The second-order valence-electron chi connectivity index (χ2n) is 7.10. The Morgan fingerprint density at radius 2 is 2.11 bits per heavy atom. The van der Waals surface area contributed by atoms with E-state index in [0.29, 0.717) is 18.1 Å². The summed E-state index contributed by atoms with van der Waals surface area (Å²) in [6.45, 7) is 9.99. The lowest BCUT2D eigenvalue weighted by Gasteiger charge is -2.66. The minimum atomic E-state index is -0.483.